The fraction of sp³-hybridized carbons (Fsp3) is 0.348. The number of hydrogen-bond donors (Lipinski definition) is 0. The van der Waals surface area contributed by atoms with Crippen molar-refractivity contribution in [1.29, 1.82) is 0 Å². The van der Waals surface area contributed by atoms with E-state index in [0.717, 1.165) is 39.4 Å². The van der Waals surface area contributed by atoms with Gasteiger partial charge in [0.25, 0.3) is 0 Å². The van der Waals surface area contributed by atoms with Gasteiger partial charge in [0.15, 0.2) is 0 Å². The second-order valence-corrected chi connectivity index (χ2v) is 13.5. The molecule has 1 saturated heterocycles. The Kier molecular flexibility index (Phi) is 16.9. The van der Waals surface area contributed by atoms with Crippen molar-refractivity contribution >= 4 is 11.6 Å². The van der Waals surface area contributed by atoms with Crippen molar-refractivity contribution in [2.45, 2.75) is 91.2 Å². The minimum absolute atomic E-state index is 0.155. The van der Waals surface area contributed by atoms with Crippen molar-refractivity contribution in [2.75, 3.05) is 13.7 Å². The van der Waals surface area contributed by atoms with E-state index in [4.69, 9.17) is 35.3 Å². The molecule has 1 aliphatic rings. The summed E-state index contributed by atoms with van der Waals surface area (Å²) in [6, 6.07) is 45.0. The predicted octanol–water partition coefficient (Wildman–Crippen LogP) is 11.6. The van der Waals surface area contributed by atoms with Crippen LogP contribution in [-0.4, -0.2) is 31.5 Å². The van der Waals surface area contributed by atoms with Crippen molar-refractivity contribution in [2.24, 2.45) is 0 Å². The zero-order valence-electron chi connectivity index (χ0n) is 31.6. The molecule has 1 heterocycles. The Labute approximate surface area is 316 Å². The maximum Gasteiger partial charge on any atom is 0.119 e. The minimum atomic E-state index is -0.395. The van der Waals surface area contributed by atoms with Gasteiger partial charge in [0.2, 0.25) is 0 Å². The van der Waals surface area contributed by atoms with Crippen molar-refractivity contribution in [1.82, 2.24) is 0 Å². The van der Waals surface area contributed by atoms with Crippen LogP contribution in [0.25, 0.3) is 0 Å². The van der Waals surface area contributed by atoms with Crippen LogP contribution in [0, 0.1) is 0 Å². The molecular formula is C46H55ClO5. The first-order valence-corrected chi connectivity index (χ1v) is 18.7. The van der Waals surface area contributed by atoms with Gasteiger partial charge in [-0.05, 0) is 78.8 Å². The smallest absolute Gasteiger partial charge is 0.119 e. The summed E-state index contributed by atoms with van der Waals surface area (Å²) in [6.07, 6.45) is 0.657. The molecule has 3 atom stereocenters. The molecule has 6 rings (SSSR count). The lowest BCUT2D eigenvalue weighted by Crippen LogP contribution is -2.50. The van der Waals surface area contributed by atoms with Crippen LogP contribution >= 0.6 is 11.6 Å². The molecule has 1 fully saturated rings. The van der Waals surface area contributed by atoms with E-state index in [9.17, 15) is 0 Å². The van der Waals surface area contributed by atoms with Crippen LogP contribution in [0.2, 0.25) is 5.02 Å². The number of ether oxygens (including phenoxy) is 5. The van der Waals surface area contributed by atoms with Crippen LogP contribution < -0.4 is 4.74 Å². The highest BCUT2D eigenvalue weighted by molar-refractivity contribution is 6.31. The average molecular weight is 723 g/mol. The summed E-state index contributed by atoms with van der Waals surface area (Å²) in [6.45, 7) is 12.6. The fourth-order valence-electron chi connectivity index (χ4n) is 6.14. The highest BCUT2D eigenvalue weighted by Gasteiger charge is 2.44. The van der Waals surface area contributed by atoms with Gasteiger partial charge in [-0.2, -0.15) is 0 Å². The number of rotatable bonds is 13. The summed E-state index contributed by atoms with van der Waals surface area (Å²) < 4.78 is 30.6. The van der Waals surface area contributed by atoms with Gasteiger partial charge in [0, 0.05) is 18.6 Å². The first-order valence-electron chi connectivity index (χ1n) is 18.4. The maximum absolute atomic E-state index is 6.77. The third-order valence-electron chi connectivity index (χ3n) is 8.58. The molecule has 1 aliphatic heterocycles. The van der Waals surface area contributed by atoms with E-state index in [1.807, 2.05) is 106 Å². The second-order valence-electron chi connectivity index (χ2n) is 13.1. The number of halogens is 1. The van der Waals surface area contributed by atoms with Crippen molar-refractivity contribution in [3.05, 3.63) is 172 Å². The lowest BCUT2D eigenvalue weighted by molar-refractivity contribution is -0.236. The molecule has 0 spiro atoms. The van der Waals surface area contributed by atoms with Gasteiger partial charge in [0.05, 0.1) is 38.1 Å². The first-order chi connectivity index (χ1) is 25.3. The van der Waals surface area contributed by atoms with Gasteiger partial charge in [-0.15, -0.1) is 0 Å². The number of hydrogen-bond acceptors (Lipinski definition) is 5. The molecule has 5 aromatic rings. The van der Waals surface area contributed by atoms with E-state index < -0.39 is 5.60 Å². The lowest BCUT2D eigenvalue weighted by atomic mass is 9.86. The third-order valence-corrected chi connectivity index (χ3v) is 8.95. The third kappa shape index (κ3) is 12.9. The molecule has 5 aromatic carbocycles. The zero-order chi connectivity index (χ0) is 37.2. The van der Waals surface area contributed by atoms with E-state index in [0.29, 0.717) is 32.8 Å². The summed E-state index contributed by atoms with van der Waals surface area (Å²) in [5.41, 5.74) is 6.33. The number of methoxy groups -OCH3 is 1. The van der Waals surface area contributed by atoms with Crippen LogP contribution in [0.5, 0.6) is 5.75 Å². The topological polar surface area (TPSA) is 46.2 Å². The largest absolute Gasteiger partial charge is 0.494 e. The van der Waals surface area contributed by atoms with Crippen molar-refractivity contribution in [3.63, 3.8) is 0 Å². The van der Waals surface area contributed by atoms with Crippen molar-refractivity contribution in [3.8, 4) is 5.75 Å². The fourth-order valence-corrected chi connectivity index (χ4v) is 6.33. The van der Waals surface area contributed by atoms with E-state index in [1.165, 1.54) is 11.1 Å². The summed E-state index contributed by atoms with van der Waals surface area (Å²) in [5, 5.41) is 0.733. The van der Waals surface area contributed by atoms with Crippen LogP contribution in [0.15, 0.2) is 133 Å². The first kappa shape index (κ1) is 40.8. The van der Waals surface area contributed by atoms with Crippen LogP contribution in [-0.2, 0) is 45.2 Å². The lowest BCUT2D eigenvalue weighted by Gasteiger charge is -2.46. The van der Waals surface area contributed by atoms with E-state index in [-0.39, 0.29) is 18.3 Å². The van der Waals surface area contributed by atoms with Crippen molar-refractivity contribution < 1.29 is 23.7 Å². The molecule has 276 valence electrons. The van der Waals surface area contributed by atoms with Gasteiger partial charge in [-0.25, -0.2) is 0 Å². The molecule has 0 radical (unpaired) electrons. The Morgan fingerprint density at radius 1 is 0.673 bits per heavy atom. The van der Waals surface area contributed by atoms with Crippen LogP contribution in [0.3, 0.4) is 0 Å². The quantitative estimate of drug-likeness (QED) is 0.121. The molecule has 0 bridgehead atoms. The highest BCUT2D eigenvalue weighted by Crippen LogP contribution is 2.42. The zero-order valence-corrected chi connectivity index (χ0v) is 32.4. The molecule has 0 N–H and O–H groups in total. The molecule has 0 aliphatic carbocycles. The second kappa shape index (κ2) is 21.5. The van der Waals surface area contributed by atoms with Crippen LogP contribution in [0.1, 0.15) is 80.5 Å². The Morgan fingerprint density at radius 2 is 1.21 bits per heavy atom. The SMILES string of the molecule is CC.CCOc1ccc(Cc2cc(C3OC(C)(C)CC(OCc4ccccc4)[C@H]3OCc3ccccc3)ccc2Cl)cc1.COCc1ccccc1. The minimum Gasteiger partial charge on any atom is -0.494 e. The van der Waals surface area contributed by atoms with E-state index in [2.05, 4.69) is 62.4 Å². The molecule has 0 aromatic heterocycles. The molecule has 0 saturated carbocycles. The number of benzene rings is 5. The maximum atomic E-state index is 6.77. The van der Waals surface area contributed by atoms with Gasteiger partial charge in [-0.1, -0.05) is 141 Å². The normalized spacial score (nSPS) is 17.6. The molecule has 2 unspecified atom stereocenters. The molecule has 6 heteroatoms. The summed E-state index contributed by atoms with van der Waals surface area (Å²) in [4.78, 5) is 0. The Bertz CT molecular complexity index is 1690. The summed E-state index contributed by atoms with van der Waals surface area (Å²) in [5.74, 6) is 0.869. The summed E-state index contributed by atoms with van der Waals surface area (Å²) >= 11 is 6.72. The Hall–Kier alpha value is -3.97. The molecule has 5 nitrogen and oxygen atoms in total. The van der Waals surface area contributed by atoms with E-state index in [1.54, 1.807) is 7.11 Å². The molecule has 52 heavy (non-hydrogen) atoms. The molecular weight excluding hydrogens is 668 g/mol. The van der Waals surface area contributed by atoms with Gasteiger partial charge in [0.1, 0.15) is 18.0 Å². The summed E-state index contributed by atoms with van der Waals surface area (Å²) in [7, 11) is 1.70. The average Bonchev–Trinajstić information content (AvgIpc) is 3.17. The standard InChI is InChI=1S/C36H39ClO4.C8H10O.C2H6/c1-4-38-31-18-15-26(16-19-31)21-30-22-29(17-20-32(30)37)34-35(40-25-28-13-9-6-10-14-28)33(23-36(2,3)41-34)39-24-27-11-7-5-8-12-27;1-9-7-8-5-3-2-4-6-8;1-2/h5-20,22,33-35H,4,21,23-25H2,1-3H3;2-6H,7H2,1H3;1-2H3/t33?,34?,35-;;/m1../s1. The van der Waals surface area contributed by atoms with Crippen LogP contribution in [0.4, 0.5) is 0 Å². The van der Waals surface area contributed by atoms with Gasteiger partial charge >= 0.3 is 0 Å². The van der Waals surface area contributed by atoms with Gasteiger partial charge < -0.3 is 23.7 Å². The monoisotopic (exact) mass is 722 g/mol. The van der Waals surface area contributed by atoms with Gasteiger partial charge in [-0.3, -0.25) is 0 Å². The molecule has 0 amide bonds. The Balaban J connectivity index is 0.000000475. The predicted molar refractivity (Wildman–Crippen MR) is 213 cm³/mol. The Morgan fingerprint density at radius 3 is 1.75 bits per heavy atom. The van der Waals surface area contributed by atoms with E-state index >= 15 is 0 Å². The highest BCUT2D eigenvalue weighted by atomic mass is 35.5.